The average molecular weight is 366 g/mol. The lowest BCUT2D eigenvalue weighted by molar-refractivity contribution is 0.170. The van der Waals surface area contributed by atoms with Crippen LogP contribution in [0.3, 0.4) is 0 Å². The predicted octanol–water partition coefficient (Wildman–Crippen LogP) is 1.89. The van der Waals surface area contributed by atoms with Crippen LogP contribution >= 0.6 is 0 Å². The molecule has 8 nitrogen and oxygen atoms in total. The van der Waals surface area contributed by atoms with E-state index < -0.39 is 5.54 Å². The maximum absolute atomic E-state index is 6.12. The van der Waals surface area contributed by atoms with E-state index >= 15 is 0 Å². The Morgan fingerprint density at radius 2 is 1.89 bits per heavy atom. The molecule has 0 radical (unpaired) electrons. The van der Waals surface area contributed by atoms with Gasteiger partial charge in [0.05, 0.1) is 17.8 Å². The quantitative estimate of drug-likeness (QED) is 0.741. The van der Waals surface area contributed by atoms with E-state index in [9.17, 15) is 0 Å². The van der Waals surface area contributed by atoms with Crippen molar-refractivity contribution in [3.63, 3.8) is 0 Å². The summed E-state index contributed by atoms with van der Waals surface area (Å²) in [7, 11) is 0. The average Bonchev–Trinajstić information content (AvgIpc) is 3.32. The minimum Gasteiger partial charge on any atom is -0.320 e. The Morgan fingerprint density at radius 1 is 1.15 bits per heavy atom. The lowest BCUT2D eigenvalue weighted by Crippen LogP contribution is -2.35. The summed E-state index contributed by atoms with van der Waals surface area (Å²) in [6, 6.07) is 6.40. The van der Waals surface area contributed by atoms with Crippen LogP contribution in [0.4, 0.5) is 0 Å². The molecule has 1 aliphatic rings. The third-order valence-corrected chi connectivity index (χ3v) is 5.09. The number of hydrogen-bond donors (Lipinski definition) is 1. The number of rotatable bonds is 5. The fourth-order valence-electron chi connectivity index (χ4n) is 3.48. The second kappa shape index (κ2) is 7.21. The molecule has 4 rings (SSSR count). The molecule has 0 amide bonds. The third kappa shape index (κ3) is 3.91. The van der Waals surface area contributed by atoms with Crippen LogP contribution in [0.1, 0.15) is 44.1 Å². The Balaban J connectivity index is 1.38. The van der Waals surface area contributed by atoms with Gasteiger partial charge < -0.3 is 5.73 Å². The van der Waals surface area contributed by atoms with Crippen molar-refractivity contribution in [3.8, 4) is 5.95 Å². The maximum atomic E-state index is 6.12. The zero-order chi connectivity index (χ0) is 18.9. The van der Waals surface area contributed by atoms with Crippen molar-refractivity contribution in [3.05, 3.63) is 54.4 Å². The largest absolute Gasteiger partial charge is 0.320 e. The number of nitrogens with two attached hydrogens (primary N) is 1. The lowest BCUT2D eigenvalue weighted by atomic mass is 10.0. The molecule has 0 aliphatic carbocycles. The van der Waals surface area contributed by atoms with Gasteiger partial charge in [0.1, 0.15) is 5.69 Å². The van der Waals surface area contributed by atoms with Crippen LogP contribution in [-0.4, -0.2) is 47.5 Å². The van der Waals surface area contributed by atoms with Crippen molar-refractivity contribution in [1.29, 1.82) is 0 Å². The van der Waals surface area contributed by atoms with Crippen LogP contribution in [0.5, 0.6) is 0 Å². The molecule has 8 heteroatoms. The van der Waals surface area contributed by atoms with Gasteiger partial charge in [0.15, 0.2) is 0 Å². The summed E-state index contributed by atoms with van der Waals surface area (Å²) < 4.78 is 4.04. The molecule has 142 valence electrons. The molecule has 1 aliphatic heterocycles. The van der Waals surface area contributed by atoms with Crippen LogP contribution in [0, 0.1) is 0 Å². The zero-order valence-corrected chi connectivity index (χ0v) is 15.9. The van der Waals surface area contributed by atoms with Crippen LogP contribution < -0.4 is 5.73 Å². The van der Waals surface area contributed by atoms with E-state index in [-0.39, 0.29) is 0 Å². The summed E-state index contributed by atoms with van der Waals surface area (Å²) in [6.07, 6.45) is 9.66. The second-order valence-corrected chi connectivity index (χ2v) is 7.73. The normalized spacial score (nSPS) is 16.7. The molecular formula is C19H26N8. The van der Waals surface area contributed by atoms with E-state index in [1.165, 1.54) is 5.69 Å². The Morgan fingerprint density at radius 3 is 2.56 bits per heavy atom. The fourth-order valence-corrected chi connectivity index (χ4v) is 3.48. The van der Waals surface area contributed by atoms with Gasteiger partial charge >= 0.3 is 0 Å². The topological polar surface area (TPSA) is 90.7 Å². The summed E-state index contributed by atoms with van der Waals surface area (Å²) in [5, 5.41) is 8.55. The van der Waals surface area contributed by atoms with Crippen LogP contribution in [0.2, 0.25) is 0 Å². The first-order valence-electron chi connectivity index (χ1n) is 9.38. The van der Waals surface area contributed by atoms with E-state index in [0.717, 1.165) is 38.2 Å². The number of piperidine rings is 1. The fraction of sp³-hybridized carbons (Fsp3) is 0.474. The summed E-state index contributed by atoms with van der Waals surface area (Å²) in [4.78, 5) is 11.2. The Bertz CT molecular complexity index is 869. The number of nitrogens with zero attached hydrogens (tertiary/aromatic N) is 7. The molecule has 0 bridgehead atoms. The second-order valence-electron chi connectivity index (χ2n) is 7.73. The molecular weight excluding hydrogens is 340 g/mol. The molecule has 0 saturated carbocycles. The summed E-state index contributed by atoms with van der Waals surface area (Å²) >= 11 is 0. The van der Waals surface area contributed by atoms with Crippen molar-refractivity contribution < 1.29 is 0 Å². The minimum atomic E-state index is -0.454. The SMILES string of the molecule is CC(C)(N)c1cn(C2CCN(Cc3cccn3-c3ncccn3)CC2)nn1. The number of hydrogen-bond acceptors (Lipinski definition) is 6. The molecule has 0 unspecified atom stereocenters. The Hall–Kier alpha value is -2.58. The molecule has 3 aromatic heterocycles. The van der Waals surface area contributed by atoms with E-state index in [0.29, 0.717) is 12.0 Å². The van der Waals surface area contributed by atoms with Crippen LogP contribution in [-0.2, 0) is 12.1 Å². The van der Waals surface area contributed by atoms with E-state index in [2.05, 4.69) is 35.8 Å². The van der Waals surface area contributed by atoms with E-state index in [1.54, 1.807) is 12.4 Å². The highest BCUT2D eigenvalue weighted by atomic mass is 15.4. The highest BCUT2D eigenvalue weighted by Crippen LogP contribution is 2.24. The maximum Gasteiger partial charge on any atom is 0.233 e. The highest BCUT2D eigenvalue weighted by molar-refractivity contribution is 5.20. The molecule has 0 spiro atoms. The lowest BCUT2D eigenvalue weighted by Gasteiger charge is -2.31. The van der Waals surface area contributed by atoms with E-state index in [4.69, 9.17) is 5.73 Å². The zero-order valence-electron chi connectivity index (χ0n) is 15.9. The molecule has 1 fully saturated rings. The molecule has 0 atom stereocenters. The van der Waals surface area contributed by atoms with Crippen molar-refractivity contribution in [2.45, 2.75) is 44.8 Å². The van der Waals surface area contributed by atoms with Gasteiger partial charge in [-0.1, -0.05) is 5.21 Å². The summed E-state index contributed by atoms with van der Waals surface area (Å²) in [5.74, 6) is 0.715. The van der Waals surface area contributed by atoms with Crippen molar-refractivity contribution in [2.24, 2.45) is 5.73 Å². The summed E-state index contributed by atoms with van der Waals surface area (Å²) in [5.41, 5.74) is 7.71. The van der Waals surface area contributed by atoms with Gasteiger partial charge in [-0.05, 0) is 44.9 Å². The van der Waals surface area contributed by atoms with Gasteiger partial charge in [-0.15, -0.1) is 5.10 Å². The minimum absolute atomic E-state index is 0.383. The summed E-state index contributed by atoms with van der Waals surface area (Å²) in [6.45, 7) is 6.83. The van der Waals surface area contributed by atoms with Gasteiger partial charge in [-0.3, -0.25) is 9.47 Å². The van der Waals surface area contributed by atoms with Crippen LogP contribution in [0.15, 0.2) is 43.0 Å². The Kier molecular flexibility index (Phi) is 4.75. The third-order valence-electron chi connectivity index (χ3n) is 5.09. The molecule has 0 aromatic carbocycles. The van der Waals surface area contributed by atoms with Crippen molar-refractivity contribution >= 4 is 0 Å². The smallest absolute Gasteiger partial charge is 0.233 e. The molecule has 2 N–H and O–H groups in total. The monoisotopic (exact) mass is 366 g/mol. The standard InChI is InChI=1S/C19H26N8/c1-19(2,20)17-14-27(24-23-17)15-6-11-25(12-7-15)13-16-5-3-10-26(16)18-21-8-4-9-22-18/h3-5,8-10,14-15H,6-7,11-13,20H2,1-2H3. The number of aromatic nitrogens is 6. The van der Waals surface area contributed by atoms with E-state index in [1.807, 2.05) is 43.1 Å². The van der Waals surface area contributed by atoms with Gasteiger partial charge in [-0.25, -0.2) is 14.6 Å². The van der Waals surface area contributed by atoms with Crippen molar-refractivity contribution in [2.75, 3.05) is 13.1 Å². The first kappa shape index (κ1) is 17.8. The first-order valence-corrected chi connectivity index (χ1v) is 9.38. The van der Waals surface area contributed by atoms with Gasteiger partial charge in [0.25, 0.3) is 0 Å². The van der Waals surface area contributed by atoms with Gasteiger partial charge in [0, 0.05) is 43.9 Å². The molecule has 4 heterocycles. The Labute approximate surface area is 159 Å². The molecule has 1 saturated heterocycles. The van der Waals surface area contributed by atoms with Gasteiger partial charge in [-0.2, -0.15) is 0 Å². The van der Waals surface area contributed by atoms with Crippen LogP contribution in [0.25, 0.3) is 5.95 Å². The molecule has 27 heavy (non-hydrogen) atoms. The number of likely N-dealkylation sites (tertiary alicyclic amines) is 1. The first-order chi connectivity index (χ1) is 13.0. The van der Waals surface area contributed by atoms with Crippen molar-refractivity contribution in [1.82, 2.24) is 34.4 Å². The van der Waals surface area contributed by atoms with Gasteiger partial charge in [0.2, 0.25) is 5.95 Å². The predicted molar refractivity (Wildman–Crippen MR) is 102 cm³/mol. The highest BCUT2D eigenvalue weighted by Gasteiger charge is 2.25. The molecule has 3 aromatic rings.